The monoisotopic (exact) mass is 453 g/mol. The van der Waals surface area contributed by atoms with E-state index in [9.17, 15) is 0 Å². The summed E-state index contributed by atoms with van der Waals surface area (Å²) in [6.07, 6.45) is 26.6. The maximum atomic E-state index is 7.47. The number of nitrogens with one attached hydrogen (secondary N) is 1. The van der Waals surface area contributed by atoms with Crippen molar-refractivity contribution in [2.24, 2.45) is 40.6 Å². The molecule has 3 heterocycles. The summed E-state index contributed by atoms with van der Waals surface area (Å²) < 4.78 is 7.47. The molecule has 4 aliphatic carbocycles. The van der Waals surface area contributed by atoms with Gasteiger partial charge in [0.2, 0.25) is 0 Å². The molecule has 0 aromatic heterocycles. The summed E-state index contributed by atoms with van der Waals surface area (Å²) in [6.45, 7) is 2.47. The van der Waals surface area contributed by atoms with Gasteiger partial charge in [0.15, 0.2) is 0 Å². The van der Waals surface area contributed by atoms with Gasteiger partial charge in [-0.25, -0.2) is 0 Å². The molecule has 4 heteroatoms. The maximum Gasteiger partial charge on any atom is 0.0934 e. The second-order valence-electron chi connectivity index (χ2n) is 13.2. The lowest BCUT2D eigenvalue weighted by molar-refractivity contribution is -0.295. The van der Waals surface area contributed by atoms with Crippen LogP contribution < -0.4 is 16.8 Å². The third kappa shape index (κ3) is 3.93. The van der Waals surface area contributed by atoms with E-state index < -0.39 is 0 Å². The molecular weight excluding hydrogens is 406 g/mol. The summed E-state index contributed by atoms with van der Waals surface area (Å²) in [4.78, 5) is 0. The molecule has 3 aliphatic heterocycles. The van der Waals surface area contributed by atoms with Crippen molar-refractivity contribution in [3.8, 4) is 0 Å². The first-order valence-corrected chi connectivity index (χ1v) is 14.2. The minimum Gasteiger partial charge on any atom is -0.372 e. The molecule has 7 aliphatic rings. The summed E-state index contributed by atoms with van der Waals surface area (Å²) in [5.41, 5.74) is 15.0. The molecule has 7 atom stereocenters. The van der Waals surface area contributed by atoms with Gasteiger partial charge in [0.25, 0.3) is 0 Å². The van der Waals surface area contributed by atoms with Crippen LogP contribution in [0.3, 0.4) is 0 Å². The van der Waals surface area contributed by atoms with Crippen LogP contribution in [0.2, 0.25) is 0 Å². The number of rotatable bonds is 4. The number of ether oxygens (including phenoxy) is 1. The summed E-state index contributed by atoms with van der Waals surface area (Å²) in [6, 6.07) is 0.327. The van der Waals surface area contributed by atoms with Gasteiger partial charge in [-0.15, -0.1) is 0 Å². The molecule has 4 nitrogen and oxygen atoms in total. The third-order valence-corrected chi connectivity index (χ3v) is 11.2. The number of dihydropyridines is 1. The number of allylic oxidation sites excluding steroid dienone is 2. The zero-order valence-corrected chi connectivity index (χ0v) is 20.9. The predicted octanol–water partition coefficient (Wildman–Crippen LogP) is 5.53. The molecule has 7 unspecified atom stereocenters. The molecule has 6 fully saturated rings. The molecule has 5 N–H and O–H groups in total. The van der Waals surface area contributed by atoms with E-state index in [2.05, 4.69) is 30.6 Å². The second kappa shape index (κ2) is 8.38. The van der Waals surface area contributed by atoms with Gasteiger partial charge in [-0.05, 0) is 112 Å². The number of hydrogen-bond donors (Lipinski definition) is 3. The third-order valence-electron chi connectivity index (χ3n) is 11.2. The van der Waals surface area contributed by atoms with E-state index in [-0.39, 0.29) is 17.4 Å². The smallest absolute Gasteiger partial charge is 0.0934 e. The van der Waals surface area contributed by atoms with Crippen molar-refractivity contribution in [2.75, 3.05) is 0 Å². The Hall–Kier alpha value is -0.840. The van der Waals surface area contributed by atoms with Gasteiger partial charge in [-0.3, -0.25) is 0 Å². The molecule has 4 saturated carbocycles. The Morgan fingerprint density at radius 3 is 2.45 bits per heavy atom. The van der Waals surface area contributed by atoms with E-state index in [0.29, 0.717) is 23.3 Å². The quantitative estimate of drug-likeness (QED) is 0.523. The van der Waals surface area contributed by atoms with Crippen LogP contribution in [0, 0.1) is 29.1 Å². The average Bonchev–Trinajstić information content (AvgIpc) is 3.48. The molecule has 33 heavy (non-hydrogen) atoms. The van der Waals surface area contributed by atoms with Gasteiger partial charge in [-0.1, -0.05) is 31.8 Å². The average molecular weight is 454 g/mol. The van der Waals surface area contributed by atoms with Crippen LogP contribution in [0.25, 0.3) is 0 Å². The van der Waals surface area contributed by atoms with E-state index >= 15 is 0 Å². The minimum absolute atomic E-state index is 0.0108. The highest BCUT2D eigenvalue weighted by atomic mass is 16.5. The molecule has 0 amide bonds. The fourth-order valence-electron chi connectivity index (χ4n) is 9.79. The summed E-state index contributed by atoms with van der Waals surface area (Å²) in [5.74, 6) is 2.71. The highest BCUT2D eigenvalue weighted by Crippen LogP contribution is 2.63. The molecule has 2 bridgehead atoms. The largest absolute Gasteiger partial charge is 0.372 e. The van der Waals surface area contributed by atoms with E-state index in [1.807, 2.05) is 0 Å². The van der Waals surface area contributed by atoms with E-state index in [1.165, 1.54) is 95.5 Å². The Balaban J connectivity index is 1.27. The molecule has 2 saturated heterocycles. The molecule has 7 rings (SSSR count). The Labute approximate surface area is 201 Å². The molecular formula is C29H47N3O. The number of nitrogens with two attached hydrogens (primary N) is 2. The molecule has 0 aromatic rings. The van der Waals surface area contributed by atoms with Gasteiger partial charge in [-0.2, -0.15) is 0 Å². The topological polar surface area (TPSA) is 73.3 Å². The summed E-state index contributed by atoms with van der Waals surface area (Å²) >= 11 is 0. The van der Waals surface area contributed by atoms with Crippen molar-refractivity contribution in [1.29, 1.82) is 0 Å². The highest BCUT2D eigenvalue weighted by Gasteiger charge is 2.62. The lowest BCUT2D eigenvalue weighted by Crippen LogP contribution is -2.69. The molecule has 184 valence electrons. The molecule has 0 aromatic carbocycles. The maximum absolute atomic E-state index is 7.47. The first kappa shape index (κ1) is 22.6. The van der Waals surface area contributed by atoms with E-state index in [4.69, 9.17) is 16.2 Å². The fourth-order valence-corrected chi connectivity index (χ4v) is 9.79. The van der Waals surface area contributed by atoms with Crippen LogP contribution >= 0.6 is 0 Å². The molecule has 0 radical (unpaired) electrons. The second-order valence-corrected chi connectivity index (χ2v) is 13.2. The SMILES string of the molecule is CC1(C2CCCC2)OC2(C3CC(CC4=CNC(N)C=C4)CC4(CCCC4)C3)CCC1C(N)C2. The Morgan fingerprint density at radius 1 is 0.970 bits per heavy atom. The number of hydrogen-bond acceptors (Lipinski definition) is 4. The Morgan fingerprint density at radius 2 is 1.76 bits per heavy atom. The van der Waals surface area contributed by atoms with Crippen LogP contribution in [0.1, 0.15) is 103 Å². The lowest BCUT2D eigenvalue weighted by Gasteiger charge is -2.64. The summed E-state index contributed by atoms with van der Waals surface area (Å²) in [5, 5.41) is 3.32. The normalized spacial score (nSPS) is 47.1. The van der Waals surface area contributed by atoms with Crippen LogP contribution in [0.15, 0.2) is 23.9 Å². The van der Waals surface area contributed by atoms with Crippen molar-refractivity contribution >= 4 is 0 Å². The highest BCUT2D eigenvalue weighted by molar-refractivity contribution is 5.24. The van der Waals surface area contributed by atoms with Gasteiger partial charge in [0.1, 0.15) is 0 Å². The van der Waals surface area contributed by atoms with Crippen molar-refractivity contribution in [2.45, 2.75) is 127 Å². The van der Waals surface area contributed by atoms with Crippen LogP contribution in [0.5, 0.6) is 0 Å². The first-order chi connectivity index (χ1) is 15.9. The van der Waals surface area contributed by atoms with Crippen LogP contribution in [-0.2, 0) is 4.74 Å². The van der Waals surface area contributed by atoms with Crippen molar-refractivity contribution < 1.29 is 4.74 Å². The predicted molar refractivity (Wildman–Crippen MR) is 134 cm³/mol. The fraction of sp³-hybridized carbons (Fsp3) is 0.862. The number of fused-ring (bicyclic) bond motifs is 3. The Kier molecular flexibility index (Phi) is 5.74. The molecule has 1 spiro atoms. The van der Waals surface area contributed by atoms with Crippen molar-refractivity contribution in [1.82, 2.24) is 5.32 Å². The Bertz CT molecular complexity index is 795. The zero-order chi connectivity index (χ0) is 22.7. The van der Waals surface area contributed by atoms with Gasteiger partial charge in [0, 0.05) is 18.2 Å². The van der Waals surface area contributed by atoms with E-state index in [1.54, 1.807) is 0 Å². The standard InChI is InChI=1S/C29H47N3O/c1-27(22-6-2-3-7-22)24-10-13-29(33-27,18-25(24)30)23-15-21(14-20-8-9-26(31)32-19-20)16-28(17-23)11-4-5-12-28/h8-9,19,21-26,32H,2-7,10-18,30-31H2,1H3. The zero-order valence-electron chi connectivity index (χ0n) is 20.9. The van der Waals surface area contributed by atoms with Crippen molar-refractivity contribution in [3.63, 3.8) is 0 Å². The van der Waals surface area contributed by atoms with Gasteiger partial charge in [0.05, 0.1) is 17.4 Å². The minimum atomic E-state index is -0.0338. The van der Waals surface area contributed by atoms with Crippen molar-refractivity contribution in [3.05, 3.63) is 23.9 Å². The van der Waals surface area contributed by atoms with Crippen LogP contribution in [-0.4, -0.2) is 23.4 Å². The first-order valence-electron chi connectivity index (χ1n) is 14.2. The summed E-state index contributed by atoms with van der Waals surface area (Å²) in [7, 11) is 0. The van der Waals surface area contributed by atoms with E-state index in [0.717, 1.165) is 18.3 Å². The van der Waals surface area contributed by atoms with Gasteiger partial charge >= 0.3 is 0 Å². The van der Waals surface area contributed by atoms with Gasteiger partial charge < -0.3 is 21.5 Å². The lowest BCUT2D eigenvalue weighted by atomic mass is 9.53. The van der Waals surface area contributed by atoms with Crippen LogP contribution in [0.4, 0.5) is 0 Å².